The highest BCUT2D eigenvalue weighted by atomic mass is 16.5. The smallest absolute Gasteiger partial charge is 0.0629 e. The van der Waals surface area contributed by atoms with Gasteiger partial charge in [0.25, 0.3) is 0 Å². The standard InChI is InChI=1S/C19H40O4/c1-17(2)9-6-4-5-7-10-18(3)11-8-12-23-16-19(13-20,14-21)15-22/h17-18,20-22H,4-16H2,1-3H3. The van der Waals surface area contributed by atoms with Gasteiger partial charge in [-0.05, 0) is 24.7 Å². The van der Waals surface area contributed by atoms with Crippen LogP contribution in [0, 0.1) is 17.3 Å². The van der Waals surface area contributed by atoms with Gasteiger partial charge in [0.15, 0.2) is 0 Å². The molecule has 0 aliphatic heterocycles. The maximum atomic E-state index is 9.21. The summed E-state index contributed by atoms with van der Waals surface area (Å²) < 4.78 is 5.52. The van der Waals surface area contributed by atoms with Crippen LogP contribution in [0.2, 0.25) is 0 Å². The van der Waals surface area contributed by atoms with Crippen LogP contribution in [0.5, 0.6) is 0 Å². The third-order valence-corrected chi connectivity index (χ3v) is 4.63. The lowest BCUT2D eigenvalue weighted by Gasteiger charge is -2.26. The first-order valence-electron chi connectivity index (χ1n) is 9.40. The summed E-state index contributed by atoms with van der Waals surface area (Å²) in [6.07, 6.45) is 10.2. The van der Waals surface area contributed by atoms with E-state index in [1.807, 2.05) is 0 Å². The summed E-state index contributed by atoms with van der Waals surface area (Å²) in [4.78, 5) is 0. The molecule has 4 nitrogen and oxygen atoms in total. The molecule has 0 saturated heterocycles. The Hall–Kier alpha value is -0.160. The number of ether oxygens (including phenoxy) is 1. The molecule has 4 heteroatoms. The fourth-order valence-corrected chi connectivity index (χ4v) is 2.65. The van der Waals surface area contributed by atoms with Crippen molar-refractivity contribution in [2.45, 2.75) is 72.1 Å². The van der Waals surface area contributed by atoms with Crippen molar-refractivity contribution >= 4 is 0 Å². The average molecular weight is 333 g/mol. The second-order valence-corrected chi connectivity index (χ2v) is 7.66. The van der Waals surface area contributed by atoms with Gasteiger partial charge in [-0.1, -0.05) is 59.3 Å². The van der Waals surface area contributed by atoms with Crippen molar-refractivity contribution in [3.8, 4) is 0 Å². The molecule has 0 aromatic rings. The average Bonchev–Trinajstić information content (AvgIpc) is 2.54. The summed E-state index contributed by atoms with van der Waals surface area (Å²) in [6.45, 7) is 6.94. The highest BCUT2D eigenvalue weighted by Crippen LogP contribution is 2.18. The number of aliphatic hydroxyl groups excluding tert-OH is 3. The quantitative estimate of drug-likeness (QED) is 0.379. The van der Waals surface area contributed by atoms with Crippen molar-refractivity contribution in [1.29, 1.82) is 0 Å². The molecular weight excluding hydrogens is 292 g/mol. The third-order valence-electron chi connectivity index (χ3n) is 4.63. The van der Waals surface area contributed by atoms with Gasteiger partial charge >= 0.3 is 0 Å². The summed E-state index contributed by atoms with van der Waals surface area (Å²) in [5, 5.41) is 27.6. The van der Waals surface area contributed by atoms with E-state index in [0.717, 1.165) is 24.7 Å². The van der Waals surface area contributed by atoms with Crippen LogP contribution < -0.4 is 0 Å². The van der Waals surface area contributed by atoms with Crippen molar-refractivity contribution in [3.63, 3.8) is 0 Å². The van der Waals surface area contributed by atoms with Crippen LogP contribution in [0.25, 0.3) is 0 Å². The van der Waals surface area contributed by atoms with Crippen molar-refractivity contribution in [2.24, 2.45) is 17.3 Å². The van der Waals surface area contributed by atoms with Gasteiger partial charge in [0.1, 0.15) is 0 Å². The van der Waals surface area contributed by atoms with Gasteiger partial charge in [-0.15, -0.1) is 0 Å². The lowest BCUT2D eigenvalue weighted by Crippen LogP contribution is -2.38. The van der Waals surface area contributed by atoms with Crippen LogP contribution in [-0.4, -0.2) is 48.4 Å². The first kappa shape index (κ1) is 22.8. The number of hydrogen-bond acceptors (Lipinski definition) is 4. The lowest BCUT2D eigenvalue weighted by atomic mass is 9.92. The van der Waals surface area contributed by atoms with Gasteiger partial charge in [0, 0.05) is 6.61 Å². The molecule has 0 radical (unpaired) electrons. The molecule has 0 aliphatic carbocycles. The Balaban J connectivity index is 3.51. The third kappa shape index (κ3) is 11.9. The van der Waals surface area contributed by atoms with Crippen LogP contribution in [0.15, 0.2) is 0 Å². The molecule has 3 N–H and O–H groups in total. The molecule has 0 aliphatic rings. The molecule has 0 rings (SSSR count). The second kappa shape index (κ2) is 14.2. The van der Waals surface area contributed by atoms with Crippen LogP contribution in [0.3, 0.4) is 0 Å². The molecule has 1 atom stereocenters. The predicted molar refractivity (Wildman–Crippen MR) is 95.4 cm³/mol. The molecule has 0 amide bonds. The molecule has 0 bridgehead atoms. The minimum absolute atomic E-state index is 0.209. The first-order chi connectivity index (χ1) is 11.0. The van der Waals surface area contributed by atoms with E-state index in [1.165, 1.54) is 38.5 Å². The van der Waals surface area contributed by atoms with E-state index in [9.17, 15) is 15.3 Å². The fraction of sp³-hybridized carbons (Fsp3) is 1.00. The van der Waals surface area contributed by atoms with Crippen molar-refractivity contribution < 1.29 is 20.1 Å². The maximum absolute atomic E-state index is 9.21. The molecule has 0 aromatic heterocycles. The monoisotopic (exact) mass is 332 g/mol. The fourth-order valence-electron chi connectivity index (χ4n) is 2.65. The Labute approximate surface area is 143 Å². The zero-order chi connectivity index (χ0) is 17.6. The van der Waals surface area contributed by atoms with Crippen LogP contribution in [0.1, 0.15) is 72.1 Å². The van der Waals surface area contributed by atoms with Gasteiger partial charge in [0.2, 0.25) is 0 Å². The Morgan fingerprint density at radius 3 is 1.78 bits per heavy atom. The molecule has 1 unspecified atom stereocenters. The number of aliphatic hydroxyl groups is 3. The topological polar surface area (TPSA) is 69.9 Å². The highest BCUT2D eigenvalue weighted by Gasteiger charge is 2.28. The molecule has 140 valence electrons. The van der Waals surface area contributed by atoms with Crippen molar-refractivity contribution in [1.82, 2.24) is 0 Å². The molecule has 23 heavy (non-hydrogen) atoms. The predicted octanol–water partition coefficient (Wildman–Crippen LogP) is 3.38. The number of unbranched alkanes of at least 4 members (excludes halogenated alkanes) is 3. The van der Waals surface area contributed by atoms with E-state index in [4.69, 9.17) is 4.74 Å². The largest absolute Gasteiger partial charge is 0.396 e. The molecule has 0 aromatic carbocycles. The molecule has 0 saturated carbocycles. The summed E-state index contributed by atoms with van der Waals surface area (Å²) >= 11 is 0. The second-order valence-electron chi connectivity index (χ2n) is 7.66. The van der Waals surface area contributed by atoms with E-state index in [-0.39, 0.29) is 26.4 Å². The highest BCUT2D eigenvalue weighted by molar-refractivity contribution is 4.76. The van der Waals surface area contributed by atoms with E-state index < -0.39 is 5.41 Å². The summed E-state index contributed by atoms with van der Waals surface area (Å²) in [5.41, 5.74) is -0.901. The van der Waals surface area contributed by atoms with E-state index in [1.54, 1.807) is 0 Å². The Morgan fingerprint density at radius 2 is 1.26 bits per heavy atom. The van der Waals surface area contributed by atoms with E-state index in [2.05, 4.69) is 20.8 Å². The van der Waals surface area contributed by atoms with Crippen LogP contribution in [0.4, 0.5) is 0 Å². The Morgan fingerprint density at radius 1 is 0.739 bits per heavy atom. The van der Waals surface area contributed by atoms with Crippen molar-refractivity contribution in [2.75, 3.05) is 33.0 Å². The number of hydrogen-bond donors (Lipinski definition) is 3. The zero-order valence-electron chi connectivity index (χ0n) is 15.6. The summed E-state index contributed by atoms with van der Waals surface area (Å²) in [5.74, 6) is 1.55. The number of rotatable bonds is 16. The normalized spacial score (nSPS) is 13.7. The maximum Gasteiger partial charge on any atom is 0.0629 e. The zero-order valence-corrected chi connectivity index (χ0v) is 15.6. The van der Waals surface area contributed by atoms with Crippen LogP contribution in [-0.2, 0) is 4.74 Å². The minimum atomic E-state index is -0.901. The van der Waals surface area contributed by atoms with Crippen LogP contribution >= 0.6 is 0 Å². The Bertz CT molecular complexity index is 243. The molecule has 0 fully saturated rings. The van der Waals surface area contributed by atoms with Gasteiger partial charge in [-0.3, -0.25) is 0 Å². The molecule has 0 spiro atoms. The van der Waals surface area contributed by atoms with Crippen molar-refractivity contribution in [3.05, 3.63) is 0 Å². The van der Waals surface area contributed by atoms with Gasteiger partial charge in [-0.2, -0.15) is 0 Å². The SMILES string of the molecule is CC(C)CCCCCCC(C)CCCOCC(CO)(CO)CO. The summed E-state index contributed by atoms with van der Waals surface area (Å²) in [7, 11) is 0. The molecule has 0 heterocycles. The minimum Gasteiger partial charge on any atom is -0.396 e. The van der Waals surface area contributed by atoms with Gasteiger partial charge in [-0.25, -0.2) is 0 Å². The van der Waals surface area contributed by atoms with E-state index >= 15 is 0 Å². The summed E-state index contributed by atoms with van der Waals surface area (Å²) in [6, 6.07) is 0. The van der Waals surface area contributed by atoms with E-state index in [0.29, 0.717) is 6.61 Å². The lowest BCUT2D eigenvalue weighted by molar-refractivity contribution is -0.0584. The molecular formula is C19H40O4. The first-order valence-corrected chi connectivity index (χ1v) is 9.40. The van der Waals surface area contributed by atoms with Gasteiger partial charge in [0.05, 0.1) is 31.8 Å². The Kier molecular flexibility index (Phi) is 14.1. The van der Waals surface area contributed by atoms with Gasteiger partial charge < -0.3 is 20.1 Å².